The van der Waals surface area contributed by atoms with Crippen LogP contribution < -0.4 is 10.6 Å². The zero-order valence-electron chi connectivity index (χ0n) is 15.0. The van der Waals surface area contributed by atoms with Crippen LogP contribution in [0.25, 0.3) is 0 Å². The van der Waals surface area contributed by atoms with Gasteiger partial charge in [-0.15, -0.1) is 0 Å². The third-order valence-corrected chi connectivity index (χ3v) is 3.72. The normalized spacial score (nSPS) is 11.0. The van der Waals surface area contributed by atoms with Gasteiger partial charge in [0.25, 0.3) is 5.91 Å². The third-order valence-electron chi connectivity index (χ3n) is 3.72. The summed E-state index contributed by atoms with van der Waals surface area (Å²) < 4.78 is 3.35. The Labute approximate surface area is 141 Å². The minimum absolute atomic E-state index is 0.116. The lowest BCUT2D eigenvalue weighted by Crippen LogP contribution is -2.34. The van der Waals surface area contributed by atoms with E-state index in [-0.39, 0.29) is 24.4 Å². The van der Waals surface area contributed by atoms with E-state index in [0.717, 1.165) is 17.1 Å². The molecule has 0 saturated heterocycles. The lowest BCUT2D eigenvalue weighted by Gasteiger charge is -2.10. The highest BCUT2D eigenvalue weighted by Crippen LogP contribution is 2.22. The van der Waals surface area contributed by atoms with E-state index in [2.05, 4.69) is 20.8 Å². The molecular formula is C16H24N6O2. The van der Waals surface area contributed by atoms with Crippen LogP contribution in [0.2, 0.25) is 0 Å². The molecule has 0 saturated carbocycles. The van der Waals surface area contributed by atoms with Crippen molar-refractivity contribution < 1.29 is 9.59 Å². The number of anilines is 1. The van der Waals surface area contributed by atoms with Crippen molar-refractivity contribution >= 4 is 17.5 Å². The van der Waals surface area contributed by atoms with E-state index in [1.54, 1.807) is 20.0 Å². The van der Waals surface area contributed by atoms with Crippen molar-refractivity contribution in [3.63, 3.8) is 0 Å². The fraction of sp³-hybridized carbons (Fsp3) is 0.500. The summed E-state index contributed by atoms with van der Waals surface area (Å²) in [4.78, 5) is 24.2. The number of amides is 2. The van der Waals surface area contributed by atoms with Gasteiger partial charge in [-0.1, -0.05) is 0 Å². The second-order valence-corrected chi connectivity index (χ2v) is 6.11. The highest BCUT2D eigenvalue weighted by Gasteiger charge is 2.17. The molecule has 0 bridgehead atoms. The second-order valence-electron chi connectivity index (χ2n) is 6.11. The summed E-state index contributed by atoms with van der Waals surface area (Å²) in [5.41, 5.74) is 3.51. The Hall–Kier alpha value is -2.64. The van der Waals surface area contributed by atoms with Crippen molar-refractivity contribution in [3.8, 4) is 0 Å². The monoisotopic (exact) mass is 332 g/mol. The smallest absolute Gasteiger partial charge is 0.269 e. The van der Waals surface area contributed by atoms with Crippen LogP contribution in [0, 0.1) is 20.8 Å². The van der Waals surface area contributed by atoms with Crippen molar-refractivity contribution in [3.05, 3.63) is 28.8 Å². The van der Waals surface area contributed by atoms with Gasteiger partial charge in [0.1, 0.15) is 5.69 Å². The number of aryl methyl sites for hydroxylation is 3. The number of nitrogens with one attached hydrogen (secondary N) is 2. The van der Waals surface area contributed by atoms with Gasteiger partial charge in [0.05, 0.1) is 29.3 Å². The van der Waals surface area contributed by atoms with Gasteiger partial charge >= 0.3 is 0 Å². The third kappa shape index (κ3) is 3.64. The zero-order valence-corrected chi connectivity index (χ0v) is 15.0. The lowest BCUT2D eigenvalue weighted by molar-refractivity contribution is -0.115. The molecule has 2 amide bonds. The molecule has 0 fully saturated rings. The van der Waals surface area contributed by atoms with Crippen molar-refractivity contribution in [2.75, 3.05) is 11.9 Å². The molecule has 2 aromatic heterocycles. The first kappa shape index (κ1) is 17.7. The molecule has 0 aromatic carbocycles. The predicted octanol–water partition coefficient (Wildman–Crippen LogP) is 1.49. The molecule has 0 aliphatic rings. The molecule has 0 atom stereocenters. The maximum atomic E-state index is 12.1. The first-order chi connectivity index (χ1) is 11.2. The van der Waals surface area contributed by atoms with E-state index in [1.165, 1.54) is 4.68 Å². The Bertz CT molecular complexity index is 772. The zero-order chi connectivity index (χ0) is 18.0. The van der Waals surface area contributed by atoms with Gasteiger partial charge in [0.2, 0.25) is 5.91 Å². The molecule has 130 valence electrons. The molecule has 2 N–H and O–H groups in total. The van der Waals surface area contributed by atoms with E-state index in [9.17, 15) is 9.59 Å². The largest absolute Gasteiger partial charge is 0.342 e. The number of hydrogen-bond donors (Lipinski definition) is 2. The fourth-order valence-electron chi connectivity index (χ4n) is 2.60. The van der Waals surface area contributed by atoms with Crippen LogP contribution in [0.1, 0.15) is 47.5 Å². The van der Waals surface area contributed by atoms with E-state index in [4.69, 9.17) is 0 Å². The van der Waals surface area contributed by atoms with Crippen LogP contribution in [-0.2, 0) is 11.8 Å². The maximum Gasteiger partial charge on any atom is 0.269 e. The maximum absolute atomic E-state index is 12.1. The minimum atomic E-state index is -0.334. The highest BCUT2D eigenvalue weighted by atomic mass is 16.2. The van der Waals surface area contributed by atoms with E-state index in [1.807, 2.05) is 32.4 Å². The summed E-state index contributed by atoms with van der Waals surface area (Å²) in [5.74, 6) is -0.628. The standard InChI is InChI=1S/C16H24N6O2/c1-9(2)22-12(5)15(11(4)20-22)18-14(23)8-17-16(24)13-7-10(3)19-21(13)6/h7,9H,8H2,1-6H3,(H,17,24)(H,18,23). The second kappa shape index (κ2) is 6.86. The van der Waals surface area contributed by atoms with Crippen LogP contribution in [0.5, 0.6) is 0 Å². The van der Waals surface area contributed by atoms with Gasteiger partial charge < -0.3 is 10.6 Å². The van der Waals surface area contributed by atoms with Crippen LogP contribution >= 0.6 is 0 Å². The van der Waals surface area contributed by atoms with Crippen molar-refractivity contribution in [1.82, 2.24) is 24.9 Å². The molecular weight excluding hydrogens is 308 g/mol. The Morgan fingerprint density at radius 1 is 1.21 bits per heavy atom. The minimum Gasteiger partial charge on any atom is -0.342 e. The summed E-state index contributed by atoms with van der Waals surface area (Å²) in [6, 6.07) is 1.89. The Morgan fingerprint density at radius 3 is 2.38 bits per heavy atom. The number of hydrogen-bond acceptors (Lipinski definition) is 4. The van der Waals surface area contributed by atoms with E-state index in [0.29, 0.717) is 11.4 Å². The summed E-state index contributed by atoms with van der Waals surface area (Å²) in [7, 11) is 1.69. The number of rotatable bonds is 5. The summed E-state index contributed by atoms with van der Waals surface area (Å²) >= 11 is 0. The predicted molar refractivity (Wildman–Crippen MR) is 91.0 cm³/mol. The Kier molecular flexibility index (Phi) is 5.06. The van der Waals surface area contributed by atoms with Crippen molar-refractivity contribution in [2.24, 2.45) is 7.05 Å². The van der Waals surface area contributed by atoms with Gasteiger partial charge in [0.15, 0.2) is 0 Å². The first-order valence-electron chi connectivity index (χ1n) is 7.85. The molecule has 0 radical (unpaired) electrons. The summed E-state index contributed by atoms with van der Waals surface area (Å²) in [6.07, 6.45) is 0. The van der Waals surface area contributed by atoms with Gasteiger partial charge in [-0.25, -0.2) is 0 Å². The van der Waals surface area contributed by atoms with Gasteiger partial charge in [0, 0.05) is 13.1 Å². The topological polar surface area (TPSA) is 93.8 Å². The fourth-order valence-corrected chi connectivity index (χ4v) is 2.60. The molecule has 0 aliphatic heterocycles. The Morgan fingerprint density at radius 2 is 1.88 bits per heavy atom. The molecule has 0 aliphatic carbocycles. The molecule has 8 heteroatoms. The highest BCUT2D eigenvalue weighted by molar-refractivity contribution is 5.99. The van der Waals surface area contributed by atoms with E-state index < -0.39 is 0 Å². The quantitative estimate of drug-likeness (QED) is 0.867. The van der Waals surface area contributed by atoms with Gasteiger partial charge in [-0.3, -0.25) is 19.0 Å². The van der Waals surface area contributed by atoms with Crippen molar-refractivity contribution in [2.45, 2.75) is 40.7 Å². The number of aromatic nitrogens is 4. The average molecular weight is 332 g/mol. The lowest BCUT2D eigenvalue weighted by atomic mass is 10.3. The van der Waals surface area contributed by atoms with Gasteiger partial charge in [-0.05, 0) is 40.7 Å². The van der Waals surface area contributed by atoms with Crippen LogP contribution in [0.4, 0.5) is 5.69 Å². The molecule has 0 unspecified atom stereocenters. The number of nitrogens with zero attached hydrogens (tertiary/aromatic N) is 4. The molecule has 24 heavy (non-hydrogen) atoms. The summed E-state index contributed by atoms with van der Waals surface area (Å²) in [5, 5.41) is 14.0. The molecule has 2 heterocycles. The SMILES string of the molecule is Cc1cc(C(=O)NCC(=O)Nc2c(C)nn(C(C)C)c2C)n(C)n1. The molecule has 8 nitrogen and oxygen atoms in total. The number of carbonyl (C=O) groups excluding carboxylic acids is 2. The van der Waals surface area contributed by atoms with Crippen LogP contribution in [-0.4, -0.2) is 37.9 Å². The molecule has 0 spiro atoms. The number of carbonyl (C=O) groups is 2. The molecule has 2 rings (SSSR count). The average Bonchev–Trinajstić information content (AvgIpc) is 2.98. The van der Waals surface area contributed by atoms with Crippen LogP contribution in [0.3, 0.4) is 0 Å². The van der Waals surface area contributed by atoms with E-state index >= 15 is 0 Å². The van der Waals surface area contributed by atoms with Gasteiger partial charge in [-0.2, -0.15) is 10.2 Å². The van der Waals surface area contributed by atoms with Crippen molar-refractivity contribution in [1.29, 1.82) is 0 Å². The first-order valence-corrected chi connectivity index (χ1v) is 7.85. The molecule has 2 aromatic rings. The van der Waals surface area contributed by atoms with Crippen LogP contribution in [0.15, 0.2) is 6.07 Å². The summed E-state index contributed by atoms with van der Waals surface area (Å²) in [6.45, 7) is 9.50. The Balaban J connectivity index is 1.99.